The molecule has 35 heavy (non-hydrogen) atoms. The molecule has 1 fully saturated rings. The van der Waals surface area contributed by atoms with Crippen molar-refractivity contribution in [2.24, 2.45) is 5.92 Å². The van der Waals surface area contributed by atoms with Crippen molar-refractivity contribution in [1.29, 1.82) is 0 Å². The fourth-order valence-corrected chi connectivity index (χ4v) is 6.60. The van der Waals surface area contributed by atoms with Crippen molar-refractivity contribution in [3.05, 3.63) is 124 Å². The van der Waals surface area contributed by atoms with Crippen LogP contribution in [-0.2, 0) is 12.8 Å². The molecule has 0 unspecified atom stereocenters. The van der Waals surface area contributed by atoms with Gasteiger partial charge in [-0.05, 0) is 99.3 Å². The molecule has 0 bridgehead atoms. The van der Waals surface area contributed by atoms with E-state index < -0.39 is 0 Å². The molecule has 0 aliphatic heterocycles. The average Bonchev–Trinajstić information content (AvgIpc) is 3.51. The summed E-state index contributed by atoms with van der Waals surface area (Å²) in [6.45, 7) is 8.82. The predicted molar refractivity (Wildman–Crippen MR) is 151 cm³/mol. The first-order valence-electron chi connectivity index (χ1n) is 13.5. The van der Waals surface area contributed by atoms with Crippen molar-refractivity contribution in [3.63, 3.8) is 0 Å². The maximum atomic E-state index is 4.55. The van der Waals surface area contributed by atoms with Crippen LogP contribution in [-0.4, -0.2) is 0 Å². The summed E-state index contributed by atoms with van der Waals surface area (Å²) in [5.74, 6) is 0.890. The van der Waals surface area contributed by atoms with E-state index in [0.29, 0.717) is 0 Å². The van der Waals surface area contributed by atoms with Gasteiger partial charge in [-0.1, -0.05) is 112 Å². The molecular formula is C35H36. The van der Waals surface area contributed by atoms with Crippen LogP contribution in [0.25, 0.3) is 17.2 Å². The maximum Gasteiger partial charge on any atom is -0.00137 e. The Kier molecular flexibility index (Phi) is 6.06. The van der Waals surface area contributed by atoms with Gasteiger partial charge in [0.05, 0.1) is 0 Å². The number of hydrogen-bond acceptors (Lipinski definition) is 0. The highest BCUT2D eigenvalue weighted by atomic mass is 14.3. The van der Waals surface area contributed by atoms with Crippen molar-refractivity contribution in [2.75, 3.05) is 0 Å². The number of fused-ring (bicyclic) bond motifs is 2. The van der Waals surface area contributed by atoms with E-state index in [1.807, 2.05) is 0 Å². The average molecular weight is 457 g/mol. The van der Waals surface area contributed by atoms with Crippen molar-refractivity contribution in [2.45, 2.75) is 64.2 Å². The summed E-state index contributed by atoms with van der Waals surface area (Å²) >= 11 is 0. The molecule has 0 amide bonds. The molecular weight excluding hydrogens is 420 g/mol. The molecule has 2 aromatic rings. The fraction of sp³-hybridized carbons (Fsp3) is 0.314. The summed E-state index contributed by atoms with van der Waals surface area (Å²) in [7, 11) is 0. The smallest absolute Gasteiger partial charge is 0.00137 e. The summed E-state index contributed by atoms with van der Waals surface area (Å²) in [6.07, 6.45) is 21.9. The van der Waals surface area contributed by atoms with E-state index in [-0.39, 0.29) is 0 Å². The van der Waals surface area contributed by atoms with E-state index in [4.69, 9.17) is 0 Å². The van der Waals surface area contributed by atoms with Crippen LogP contribution < -0.4 is 0 Å². The maximum absolute atomic E-state index is 4.55. The lowest BCUT2D eigenvalue weighted by Crippen LogP contribution is -2.09. The Balaban J connectivity index is 1.17. The second-order valence-corrected chi connectivity index (χ2v) is 10.9. The Morgan fingerprint density at radius 1 is 0.914 bits per heavy atom. The summed E-state index contributed by atoms with van der Waals surface area (Å²) in [5.41, 5.74) is 15.1. The molecule has 0 heterocycles. The fourth-order valence-electron chi connectivity index (χ4n) is 6.60. The number of benzene rings is 2. The Hall–Kier alpha value is -3.12. The van der Waals surface area contributed by atoms with E-state index in [1.54, 1.807) is 0 Å². The van der Waals surface area contributed by atoms with Gasteiger partial charge in [0.2, 0.25) is 0 Å². The van der Waals surface area contributed by atoms with Gasteiger partial charge in [0, 0.05) is 0 Å². The van der Waals surface area contributed by atoms with Gasteiger partial charge < -0.3 is 0 Å². The zero-order chi connectivity index (χ0) is 23.8. The summed E-state index contributed by atoms with van der Waals surface area (Å²) in [5, 5.41) is 0. The molecule has 176 valence electrons. The molecule has 0 heteroatoms. The molecule has 0 spiro atoms. The lowest BCUT2D eigenvalue weighted by Gasteiger charge is -2.22. The molecule has 0 aromatic heterocycles. The van der Waals surface area contributed by atoms with Crippen molar-refractivity contribution >= 4 is 17.2 Å². The third-order valence-electron chi connectivity index (χ3n) is 8.48. The van der Waals surface area contributed by atoms with E-state index in [1.165, 1.54) is 99.8 Å². The minimum atomic E-state index is 0.890. The topological polar surface area (TPSA) is 0 Å². The van der Waals surface area contributed by atoms with Crippen molar-refractivity contribution in [1.82, 2.24) is 0 Å². The molecule has 0 radical (unpaired) electrons. The minimum Gasteiger partial charge on any atom is -0.0949 e. The van der Waals surface area contributed by atoms with Crippen LogP contribution in [0.15, 0.2) is 96.1 Å². The van der Waals surface area contributed by atoms with Gasteiger partial charge in [-0.2, -0.15) is 0 Å². The molecule has 4 aliphatic carbocycles. The van der Waals surface area contributed by atoms with Gasteiger partial charge in [0.1, 0.15) is 0 Å². The Bertz CT molecular complexity index is 1310. The van der Waals surface area contributed by atoms with E-state index >= 15 is 0 Å². The quantitative estimate of drug-likeness (QED) is 0.406. The van der Waals surface area contributed by atoms with Gasteiger partial charge in [-0.3, -0.25) is 0 Å². The molecule has 0 nitrogen and oxygen atoms in total. The zero-order valence-corrected chi connectivity index (χ0v) is 20.9. The number of hydrogen-bond donors (Lipinski definition) is 0. The second kappa shape index (κ2) is 9.50. The highest BCUT2D eigenvalue weighted by Crippen LogP contribution is 2.42. The van der Waals surface area contributed by atoms with Crippen LogP contribution in [0, 0.1) is 5.92 Å². The van der Waals surface area contributed by atoms with Crippen LogP contribution in [0.3, 0.4) is 0 Å². The molecule has 1 saturated carbocycles. The van der Waals surface area contributed by atoms with Gasteiger partial charge in [-0.15, -0.1) is 0 Å². The van der Waals surface area contributed by atoms with Crippen molar-refractivity contribution < 1.29 is 0 Å². The Morgan fingerprint density at radius 3 is 2.60 bits per heavy atom. The molecule has 0 atom stereocenters. The largest absolute Gasteiger partial charge is 0.0949 e. The predicted octanol–water partition coefficient (Wildman–Crippen LogP) is 9.45. The minimum absolute atomic E-state index is 0.890. The Labute approximate surface area is 211 Å². The summed E-state index contributed by atoms with van der Waals surface area (Å²) in [4.78, 5) is 0. The molecule has 0 N–H and O–H groups in total. The van der Waals surface area contributed by atoms with Gasteiger partial charge in [0.25, 0.3) is 0 Å². The number of allylic oxidation sites excluding steroid dienone is 9. The number of rotatable bonds is 6. The molecule has 6 rings (SSSR count). The third-order valence-corrected chi connectivity index (χ3v) is 8.48. The molecule has 4 aliphatic rings. The second-order valence-electron chi connectivity index (χ2n) is 10.9. The zero-order valence-electron chi connectivity index (χ0n) is 20.9. The van der Waals surface area contributed by atoms with Gasteiger partial charge in [0.15, 0.2) is 0 Å². The molecule has 2 aromatic carbocycles. The standard InChI is InChI=1S/C35H36/c1-24-15-18-33(35-13-7-6-12-32(24)35)25(2)19-29-11-8-14-34(29)31-22-28-17-16-27(21-30(28)23-31)20-26-9-4-3-5-10-26/h6-7,11-14,16-18,21,23,26H,1-5,8-10,15,19-20,22H2. The van der Waals surface area contributed by atoms with Crippen LogP contribution in [0.5, 0.6) is 0 Å². The van der Waals surface area contributed by atoms with E-state index in [2.05, 4.69) is 79.9 Å². The lowest BCUT2D eigenvalue weighted by atomic mass is 9.82. The lowest BCUT2D eigenvalue weighted by molar-refractivity contribution is 0.356. The summed E-state index contributed by atoms with van der Waals surface area (Å²) < 4.78 is 0. The van der Waals surface area contributed by atoms with Crippen LogP contribution in [0.4, 0.5) is 0 Å². The van der Waals surface area contributed by atoms with E-state index in [0.717, 1.165) is 31.6 Å². The monoisotopic (exact) mass is 456 g/mol. The highest BCUT2D eigenvalue weighted by molar-refractivity contribution is 5.90. The van der Waals surface area contributed by atoms with E-state index in [9.17, 15) is 0 Å². The normalized spacial score (nSPS) is 19.5. The SMILES string of the molecule is C=C(CC1=CCC=C1C1=Cc2cc(CC3CCCCC3)ccc2C1)C1=CCC(=C)c2ccccc21. The first-order chi connectivity index (χ1) is 17.2. The first-order valence-corrected chi connectivity index (χ1v) is 13.5. The molecule has 0 saturated heterocycles. The van der Waals surface area contributed by atoms with Crippen LogP contribution in [0.2, 0.25) is 0 Å². The van der Waals surface area contributed by atoms with Crippen LogP contribution >= 0.6 is 0 Å². The Morgan fingerprint density at radius 2 is 1.74 bits per heavy atom. The third kappa shape index (κ3) is 4.47. The highest BCUT2D eigenvalue weighted by Gasteiger charge is 2.23. The van der Waals surface area contributed by atoms with Crippen molar-refractivity contribution in [3.8, 4) is 0 Å². The van der Waals surface area contributed by atoms with Gasteiger partial charge >= 0.3 is 0 Å². The summed E-state index contributed by atoms with van der Waals surface area (Å²) in [6, 6.07) is 15.9. The van der Waals surface area contributed by atoms with Gasteiger partial charge in [-0.25, -0.2) is 0 Å². The van der Waals surface area contributed by atoms with Crippen LogP contribution in [0.1, 0.15) is 79.2 Å². The first kappa shape index (κ1) is 22.4.